The summed E-state index contributed by atoms with van der Waals surface area (Å²) >= 11 is 0. The quantitative estimate of drug-likeness (QED) is 0.802. The molecule has 2 fully saturated rings. The highest BCUT2D eigenvalue weighted by Crippen LogP contribution is 2.40. The van der Waals surface area contributed by atoms with Crippen molar-refractivity contribution in [3.63, 3.8) is 0 Å². The Kier molecular flexibility index (Phi) is 4.83. The van der Waals surface area contributed by atoms with Crippen LogP contribution in [0, 0.1) is 5.41 Å². The number of carbonyl (C=O) groups is 1. The zero-order valence-electron chi connectivity index (χ0n) is 14.0. The maximum absolute atomic E-state index is 12.6. The van der Waals surface area contributed by atoms with Crippen LogP contribution >= 0.6 is 0 Å². The highest BCUT2D eigenvalue weighted by molar-refractivity contribution is 7.89. The SMILES string of the molecule is CN1CCC[C@@]2(CCN(S(=O)(=O)CCOc3ccccc3)C2)C1=O. The van der Waals surface area contributed by atoms with Crippen molar-refractivity contribution < 1.29 is 17.9 Å². The van der Waals surface area contributed by atoms with Crippen molar-refractivity contribution in [3.8, 4) is 5.75 Å². The first-order valence-corrected chi connectivity index (χ1v) is 9.95. The number of rotatable bonds is 5. The second kappa shape index (κ2) is 6.72. The highest BCUT2D eigenvalue weighted by atomic mass is 32.2. The van der Waals surface area contributed by atoms with Crippen LogP contribution in [-0.4, -0.2) is 62.6 Å². The number of amides is 1. The predicted octanol–water partition coefficient (Wildman–Crippen LogP) is 1.34. The number of likely N-dealkylation sites (tertiary alicyclic amines) is 1. The number of hydrogen-bond acceptors (Lipinski definition) is 4. The number of hydrogen-bond donors (Lipinski definition) is 0. The number of para-hydroxylation sites is 1. The molecule has 0 unspecified atom stereocenters. The van der Waals surface area contributed by atoms with Crippen molar-refractivity contribution in [3.05, 3.63) is 30.3 Å². The summed E-state index contributed by atoms with van der Waals surface area (Å²) in [6.07, 6.45) is 2.34. The third kappa shape index (κ3) is 3.42. The van der Waals surface area contributed by atoms with Crippen LogP contribution < -0.4 is 4.74 Å². The summed E-state index contributed by atoms with van der Waals surface area (Å²) in [6, 6.07) is 9.17. The molecular weight excluding hydrogens is 328 g/mol. The van der Waals surface area contributed by atoms with Crippen LogP contribution in [-0.2, 0) is 14.8 Å². The molecule has 132 valence electrons. The van der Waals surface area contributed by atoms with E-state index in [0.29, 0.717) is 25.3 Å². The molecule has 0 bridgehead atoms. The summed E-state index contributed by atoms with van der Waals surface area (Å²) < 4.78 is 32.1. The molecule has 1 aromatic rings. The van der Waals surface area contributed by atoms with Gasteiger partial charge in [0, 0.05) is 26.7 Å². The number of ether oxygens (including phenoxy) is 1. The summed E-state index contributed by atoms with van der Waals surface area (Å²) in [5.41, 5.74) is -0.514. The molecule has 0 aliphatic carbocycles. The molecule has 2 aliphatic rings. The van der Waals surface area contributed by atoms with Gasteiger partial charge in [-0.15, -0.1) is 0 Å². The molecule has 2 heterocycles. The molecular formula is C17H24N2O4S. The van der Waals surface area contributed by atoms with Crippen LogP contribution in [0.5, 0.6) is 5.75 Å². The second-order valence-electron chi connectivity index (χ2n) is 6.67. The summed E-state index contributed by atoms with van der Waals surface area (Å²) in [7, 11) is -1.61. The fourth-order valence-electron chi connectivity index (χ4n) is 3.63. The highest BCUT2D eigenvalue weighted by Gasteiger charge is 2.49. The van der Waals surface area contributed by atoms with Gasteiger partial charge in [-0.05, 0) is 31.4 Å². The average molecular weight is 352 g/mol. The summed E-state index contributed by atoms with van der Waals surface area (Å²) in [5, 5.41) is 0. The molecule has 0 radical (unpaired) electrons. The van der Waals surface area contributed by atoms with Crippen LogP contribution in [0.4, 0.5) is 0 Å². The van der Waals surface area contributed by atoms with Crippen molar-refractivity contribution in [2.45, 2.75) is 19.3 Å². The first kappa shape index (κ1) is 17.2. The molecule has 7 heteroatoms. The largest absolute Gasteiger partial charge is 0.492 e. The topological polar surface area (TPSA) is 66.9 Å². The monoisotopic (exact) mass is 352 g/mol. The van der Waals surface area contributed by atoms with Crippen LogP contribution in [0.15, 0.2) is 30.3 Å². The molecule has 2 aliphatic heterocycles. The number of carbonyl (C=O) groups excluding carboxylic acids is 1. The van der Waals surface area contributed by atoms with Crippen LogP contribution in [0.2, 0.25) is 0 Å². The molecule has 3 rings (SSSR count). The van der Waals surface area contributed by atoms with Gasteiger partial charge in [-0.2, -0.15) is 0 Å². The lowest BCUT2D eigenvalue weighted by atomic mass is 9.78. The lowest BCUT2D eigenvalue weighted by Crippen LogP contribution is -2.48. The third-order valence-electron chi connectivity index (χ3n) is 5.01. The average Bonchev–Trinajstić information content (AvgIpc) is 3.00. The Bertz CT molecular complexity index is 692. The molecule has 1 amide bonds. The van der Waals surface area contributed by atoms with Gasteiger partial charge in [0.05, 0.1) is 11.2 Å². The molecule has 6 nitrogen and oxygen atoms in total. The molecule has 1 aromatic carbocycles. The van der Waals surface area contributed by atoms with E-state index in [1.165, 1.54) is 4.31 Å². The smallest absolute Gasteiger partial charge is 0.229 e. The fourth-order valence-corrected chi connectivity index (χ4v) is 4.99. The van der Waals surface area contributed by atoms with Gasteiger partial charge in [0.1, 0.15) is 12.4 Å². The van der Waals surface area contributed by atoms with Crippen LogP contribution in [0.25, 0.3) is 0 Å². The van der Waals surface area contributed by atoms with E-state index in [-0.39, 0.29) is 18.3 Å². The first-order chi connectivity index (χ1) is 11.4. The normalized spacial score (nSPS) is 25.4. The minimum atomic E-state index is -3.41. The fraction of sp³-hybridized carbons (Fsp3) is 0.588. The number of benzene rings is 1. The Labute approximate surface area is 143 Å². The number of sulfonamides is 1. The van der Waals surface area contributed by atoms with Crippen molar-refractivity contribution in [1.82, 2.24) is 9.21 Å². The first-order valence-electron chi connectivity index (χ1n) is 8.34. The second-order valence-corrected chi connectivity index (χ2v) is 8.76. The Hall–Kier alpha value is -1.60. The zero-order chi connectivity index (χ0) is 17.2. The van der Waals surface area contributed by atoms with Crippen molar-refractivity contribution in [1.29, 1.82) is 0 Å². The number of nitrogens with zero attached hydrogens (tertiary/aromatic N) is 2. The van der Waals surface area contributed by atoms with E-state index in [9.17, 15) is 13.2 Å². The molecule has 24 heavy (non-hydrogen) atoms. The Morgan fingerprint density at radius 3 is 2.67 bits per heavy atom. The summed E-state index contributed by atoms with van der Waals surface area (Å²) in [6.45, 7) is 1.61. The number of piperidine rings is 1. The molecule has 2 saturated heterocycles. The van der Waals surface area contributed by atoms with Gasteiger partial charge in [0.25, 0.3) is 0 Å². The van der Waals surface area contributed by atoms with E-state index < -0.39 is 15.4 Å². The van der Waals surface area contributed by atoms with E-state index in [2.05, 4.69) is 0 Å². The molecule has 0 saturated carbocycles. The Balaban J connectivity index is 1.59. The zero-order valence-corrected chi connectivity index (χ0v) is 14.8. The molecule has 0 aromatic heterocycles. The van der Waals surface area contributed by atoms with Gasteiger partial charge in [0.15, 0.2) is 0 Å². The third-order valence-corrected chi connectivity index (χ3v) is 6.80. The van der Waals surface area contributed by atoms with Gasteiger partial charge in [-0.25, -0.2) is 12.7 Å². The van der Waals surface area contributed by atoms with Gasteiger partial charge < -0.3 is 9.64 Å². The van der Waals surface area contributed by atoms with E-state index in [1.54, 1.807) is 24.1 Å². The lowest BCUT2D eigenvalue weighted by Gasteiger charge is -2.37. The van der Waals surface area contributed by atoms with Gasteiger partial charge in [0.2, 0.25) is 15.9 Å². The van der Waals surface area contributed by atoms with Crippen molar-refractivity contribution in [2.24, 2.45) is 5.41 Å². The van der Waals surface area contributed by atoms with Crippen LogP contribution in [0.1, 0.15) is 19.3 Å². The van der Waals surface area contributed by atoms with Gasteiger partial charge in [-0.3, -0.25) is 4.79 Å². The minimum Gasteiger partial charge on any atom is -0.492 e. The van der Waals surface area contributed by atoms with Gasteiger partial charge >= 0.3 is 0 Å². The van der Waals surface area contributed by atoms with E-state index in [0.717, 1.165) is 19.4 Å². The van der Waals surface area contributed by atoms with Crippen molar-refractivity contribution >= 4 is 15.9 Å². The van der Waals surface area contributed by atoms with Gasteiger partial charge in [-0.1, -0.05) is 18.2 Å². The molecule has 0 N–H and O–H groups in total. The Morgan fingerprint density at radius 1 is 1.17 bits per heavy atom. The molecule has 1 spiro atoms. The molecule has 1 atom stereocenters. The van der Waals surface area contributed by atoms with Crippen LogP contribution in [0.3, 0.4) is 0 Å². The van der Waals surface area contributed by atoms with Crippen molar-refractivity contribution in [2.75, 3.05) is 39.0 Å². The van der Waals surface area contributed by atoms with E-state index in [1.807, 2.05) is 18.2 Å². The summed E-state index contributed by atoms with van der Waals surface area (Å²) in [4.78, 5) is 14.2. The standard InChI is InChI=1S/C17H24N2O4S/c1-18-10-5-8-17(16(18)20)9-11-19(14-17)24(21,22)13-12-23-15-6-3-2-4-7-15/h2-4,6-7H,5,8-14H2,1H3/t17-/m0/s1. The minimum absolute atomic E-state index is 0.0675. The van der Waals surface area contributed by atoms with E-state index in [4.69, 9.17) is 4.74 Å². The maximum atomic E-state index is 12.6. The maximum Gasteiger partial charge on any atom is 0.229 e. The lowest BCUT2D eigenvalue weighted by molar-refractivity contribution is -0.143. The predicted molar refractivity (Wildman–Crippen MR) is 91.2 cm³/mol. The summed E-state index contributed by atoms with van der Waals surface area (Å²) in [5.74, 6) is 0.684. The van der Waals surface area contributed by atoms with E-state index >= 15 is 0 Å². The Morgan fingerprint density at radius 2 is 1.92 bits per heavy atom.